The minimum Gasteiger partial charge on any atom is -0.361 e. The minimum atomic E-state index is 0.0846. The van der Waals surface area contributed by atoms with E-state index in [1.54, 1.807) is 0 Å². The topological polar surface area (TPSA) is 75.1 Å². The predicted molar refractivity (Wildman–Crippen MR) is 101 cm³/mol. The summed E-state index contributed by atoms with van der Waals surface area (Å²) in [5, 5.41) is 12.5. The fourth-order valence-corrected chi connectivity index (χ4v) is 3.21. The zero-order chi connectivity index (χ0) is 17.8. The Morgan fingerprint density at radius 1 is 1.08 bits per heavy atom. The lowest BCUT2D eigenvalue weighted by atomic mass is 10.1. The molecule has 0 aliphatic rings. The molecule has 6 nitrogen and oxygen atoms in total. The van der Waals surface area contributed by atoms with E-state index in [9.17, 15) is 4.79 Å². The molecule has 6 heteroatoms. The number of para-hydroxylation sites is 1. The van der Waals surface area contributed by atoms with Gasteiger partial charge in [-0.05, 0) is 36.6 Å². The highest BCUT2D eigenvalue weighted by molar-refractivity contribution is 5.84. The highest BCUT2D eigenvalue weighted by atomic mass is 16.1. The van der Waals surface area contributed by atoms with Gasteiger partial charge in [0, 0.05) is 42.7 Å². The Kier molecular flexibility index (Phi) is 4.64. The number of H-pyrrole nitrogens is 1. The average molecular weight is 347 g/mol. The highest BCUT2D eigenvalue weighted by Gasteiger charge is 2.07. The summed E-state index contributed by atoms with van der Waals surface area (Å²) in [5.41, 5.74) is 3.15. The van der Waals surface area contributed by atoms with Crippen molar-refractivity contribution in [2.45, 2.75) is 25.7 Å². The predicted octanol–water partition coefficient (Wildman–Crippen LogP) is 2.89. The lowest BCUT2D eigenvalue weighted by molar-refractivity contribution is -0.121. The number of aromatic nitrogens is 4. The smallest absolute Gasteiger partial charge is 0.220 e. The number of pyridine rings is 1. The van der Waals surface area contributed by atoms with Crippen molar-refractivity contribution in [1.82, 2.24) is 24.9 Å². The quantitative estimate of drug-likeness (QED) is 0.505. The molecule has 2 N–H and O–H groups in total. The number of hydrogen-bond donors (Lipinski definition) is 2. The van der Waals surface area contributed by atoms with Crippen molar-refractivity contribution < 1.29 is 4.79 Å². The van der Waals surface area contributed by atoms with Crippen LogP contribution >= 0.6 is 0 Å². The summed E-state index contributed by atoms with van der Waals surface area (Å²) < 4.78 is 1.98. The summed E-state index contributed by atoms with van der Waals surface area (Å²) in [6.45, 7) is 0.647. The Morgan fingerprint density at radius 3 is 2.92 bits per heavy atom. The van der Waals surface area contributed by atoms with E-state index in [0.29, 0.717) is 13.0 Å². The van der Waals surface area contributed by atoms with Gasteiger partial charge in [0.15, 0.2) is 5.65 Å². The first kappa shape index (κ1) is 16.3. The first-order valence-corrected chi connectivity index (χ1v) is 8.91. The monoisotopic (exact) mass is 347 g/mol. The summed E-state index contributed by atoms with van der Waals surface area (Å²) in [4.78, 5) is 15.3. The zero-order valence-corrected chi connectivity index (χ0v) is 14.5. The third-order valence-corrected chi connectivity index (χ3v) is 4.58. The van der Waals surface area contributed by atoms with Gasteiger partial charge < -0.3 is 10.3 Å². The second-order valence-corrected chi connectivity index (χ2v) is 6.36. The molecule has 0 saturated heterocycles. The molecule has 26 heavy (non-hydrogen) atoms. The number of amides is 1. The average Bonchev–Trinajstić information content (AvgIpc) is 3.28. The maximum absolute atomic E-state index is 12.1. The maximum atomic E-state index is 12.1. The van der Waals surface area contributed by atoms with Gasteiger partial charge in [-0.15, -0.1) is 10.2 Å². The fourth-order valence-electron chi connectivity index (χ4n) is 3.21. The molecule has 0 atom stereocenters. The Balaban J connectivity index is 1.23. The molecule has 4 aromatic rings. The van der Waals surface area contributed by atoms with E-state index in [2.05, 4.69) is 26.6 Å². The molecule has 0 radical (unpaired) electrons. The third kappa shape index (κ3) is 3.44. The van der Waals surface area contributed by atoms with Gasteiger partial charge in [0.05, 0.1) is 0 Å². The Bertz CT molecular complexity index is 1030. The van der Waals surface area contributed by atoms with Crippen molar-refractivity contribution in [2.24, 2.45) is 0 Å². The lowest BCUT2D eigenvalue weighted by Gasteiger charge is -2.05. The van der Waals surface area contributed by atoms with Crippen molar-refractivity contribution in [3.63, 3.8) is 0 Å². The third-order valence-electron chi connectivity index (χ3n) is 4.58. The van der Waals surface area contributed by atoms with Crippen LogP contribution in [0.2, 0.25) is 0 Å². The van der Waals surface area contributed by atoms with E-state index in [1.165, 1.54) is 10.9 Å². The van der Waals surface area contributed by atoms with E-state index in [0.717, 1.165) is 36.3 Å². The van der Waals surface area contributed by atoms with Gasteiger partial charge in [0.1, 0.15) is 5.82 Å². The molecule has 3 heterocycles. The Labute approximate surface area is 151 Å². The number of carbonyl (C=O) groups excluding carboxylic acids is 1. The van der Waals surface area contributed by atoms with Crippen LogP contribution in [0.1, 0.15) is 24.2 Å². The summed E-state index contributed by atoms with van der Waals surface area (Å²) >= 11 is 0. The first-order chi connectivity index (χ1) is 12.8. The van der Waals surface area contributed by atoms with Crippen LogP contribution < -0.4 is 5.32 Å². The molecule has 0 aliphatic heterocycles. The first-order valence-electron chi connectivity index (χ1n) is 8.91. The Morgan fingerprint density at radius 2 is 1.96 bits per heavy atom. The highest BCUT2D eigenvalue weighted by Crippen LogP contribution is 2.18. The summed E-state index contributed by atoms with van der Waals surface area (Å²) in [5.74, 6) is 1.01. The van der Waals surface area contributed by atoms with Gasteiger partial charge in [-0.3, -0.25) is 9.20 Å². The SMILES string of the molecule is O=C(CCc1c[nH]c2ccccc12)NCCCc1nnc2ccccn12. The van der Waals surface area contributed by atoms with Crippen molar-refractivity contribution in [1.29, 1.82) is 0 Å². The van der Waals surface area contributed by atoms with Crippen LogP contribution in [0.15, 0.2) is 54.9 Å². The van der Waals surface area contributed by atoms with E-state index in [-0.39, 0.29) is 5.91 Å². The van der Waals surface area contributed by atoms with Crippen LogP contribution in [0.25, 0.3) is 16.6 Å². The molecule has 1 aromatic carbocycles. The molecule has 3 aromatic heterocycles. The van der Waals surface area contributed by atoms with Crippen LogP contribution in [-0.2, 0) is 17.6 Å². The zero-order valence-electron chi connectivity index (χ0n) is 14.5. The van der Waals surface area contributed by atoms with Crippen LogP contribution in [0.4, 0.5) is 0 Å². The van der Waals surface area contributed by atoms with Crippen LogP contribution in [-0.4, -0.2) is 32.0 Å². The molecular formula is C20H21N5O. The van der Waals surface area contributed by atoms with E-state index < -0.39 is 0 Å². The molecule has 0 aliphatic carbocycles. The fraction of sp³-hybridized carbons (Fsp3) is 0.250. The van der Waals surface area contributed by atoms with E-state index in [4.69, 9.17) is 0 Å². The number of benzene rings is 1. The number of aromatic amines is 1. The van der Waals surface area contributed by atoms with Crippen molar-refractivity contribution in [3.05, 3.63) is 66.2 Å². The number of fused-ring (bicyclic) bond motifs is 2. The molecule has 1 amide bonds. The molecule has 0 unspecified atom stereocenters. The number of aryl methyl sites for hydroxylation is 2. The van der Waals surface area contributed by atoms with Crippen molar-refractivity contribution in [2.75, 3.05) is 6.54 Å². The minimum absolute atomic E-state index is 0.0846. The summed E-state index contributed by atoms with van der Waals surface area (Å²) in [7, 11) is 0. The van der Waals surface area contributed by atoms with Crippen LogP contribution in [0, 0.1) is 0 Å². The number of carbonyl (C=O) groups is 1. The van der Waals surface area contributed by atoms with Gasteiger partial charge in [0.25, 0.3) is 0 Å². The molecule has 4 rings (SSSR count). The molecule has 0 saturated carbocycles. The number of nitrogens with one attached hydrogen (secondary N) is 2. The van der Waals surface area contributed by atoms with Gasteiger partial charge in [0.2, 0.25) is 5.91 Å². The lowest BCUT2D eigenvalue weighted by Crippen LogP contribution is -2.25. The normalized spacial score (nSPS) is 11.2. The number of nitrogens with zero attached hydrogens (tertiary/aromatic N) is 3. The summed E-state index contributed by atoms with van der Waals surface area (Å²) in [6, 6.07) is 14.0. The van der Waals surface area contributed by atoms with Gasteiger partial charge >= 0.3 is 0 Å². The van der Waals surface area contributed by atoms with Crippen LogP contribution in [0.5, 0.6) is 0 Å². The standard InChI is InChI=1S/C20H21N5O/c26-20(11-10-15-14-22-17-7-2-1-6-16(15)17)21-12-5-9-19-24-23-18-8-3-4-13-25(18)19/h1-4,6-8,13-14,22H,5,9-12H2,(H,21,26). The molecule has 0 fully saturated rings. The summed E-state index contributed by atoms with van der Waals surface area (Å²) in [6.07, 6.45) is 6.82. The molecule has 0 spiro atoms. The van der Waals surface area contributed by atoms with Crippen molar-refractivity contribution in [3.8, 4) is 0 Å². The van der Waals surface area contributed by atoms with Crippen molar-refractivity contribution >= 4 is 22.5 Å². The molecular weight excluding hydrogens is 326 g/mol. The second-order valence-electron chi connectivity index (χ2n) is 6.36. The largest absolute Gasteiger partial charge is 0.361 e. The van der Waals surface area contributed by atoms with E-state index >= 15 is 0 Å². The van der Waals surface area contributed by atoms with Crippen LogP contribution in [0.3, 0.4) is 0 Å². The number of rotatable bonds is 7. The maximum Gasteiger partial charge on any atom is 0.220 e. The Hall–Kier alpha value is -3.15. The number of hydrogen-bond acceptors (Lipinski definition) is 3. The van der Waals surface area contributed by atoms with E-state index in [1.807, 2.05) is 53.2 Å². The van der Waals surface area contributed by atoms with Gasteiger partial charge in [-0.2, -0.15) is 0 Å². The van der Waals surface area contributed by atoms with Gasteiger partial charge in [-0.25, -0.2) is 0 Å². The van der Waals surface area contributed by atoms with Gasteiger partial charge in [-0.1, -0.05) is 24.3 Å². The molecule has 0 bridgehead atoms. The second kappa shape index (κ2) is 7.39. The molecule has 132 valence electrons.